The number of likely N-dealkylation sites (tertiary alicyclic amines) is 1. The molecule has 4 amide bonds. The van der Waals surface area contributed by atoms with Gasteiger partial charge in [0, 0.05) is 44.6 Å². The van der Waals surface area contributed by atoms with Gasteiger partial charge in [0.1, 0.15) is 5.75 Å². The van der Waals surface area contributed by atoms with E-state index in [4.69, 9.17) is 4.74 Å². The quantitative estimate of drug-likeness (QED) is 0.398. The lowest BCUT2D eigenvalue weighted by Crippen LogP contribution is -2.47. The second-order valence-corrected chi connectivity index (χ2v) is 8.31. The maximum absolute atomic E-state index is 12.7. The number of benzene rings is 2. The molecule has 2 heterocycles. The van der Waals surface area contributed by atoms with E-state index < -0.39 is 5.97 Å². The number of hydrogen-bond acceptors (Lipinski definition) is 6. The molecule has 2 aliphatic rings. The fourth-order valence-corrected chi connectivity index (χ4v) is 4.22. The van der Waals surface area contributed by atoms with Crippen LogP contribution in [0.15, 0.2) is 48.5 Å². The van der Waals surface area contributed by atoms with Crippen molar-refractivity contribution >= 4 is 29.6 Å². The first-order chi connectivity index (χ1) is 16.3. The number of imide groups is 1. The highest BCUT2D eigenvalue weighted by Gasteiger charge is 2.35. The largest absolute Gasteiger partial charge is 0.427 e. The highest BCUT2D eigenvalue weighted by atomic mass is 16.5. The van der Waals surface area contributed by atoms with E-state index in [0.29, 0.717) is 48.4 Å². The molecule has 9 heteroatoms. The van der Waals surface area contributed by atoms with Crippen LogP contribution >= 0.6 is 0 Å². The molecular weight excluding hydrogens is 438 g/mol. The molecule has 2 aromatic carbocycles. The predicted molar refractivity (Wildman–Crippen MR) is 121 cm³/mol. The van der Waals surface area contributed by atoms with Crippen molar-refractivity contribution < 1.29 is 28.7 Å². The van der Waals surface area contributed by atoms with Gasteiger partial charge in [-0.25, -0.2) is 0 Å². The van der Waals surface area contributed by atoms with Crippen LogP contribution in [0, 0.1) is 0 Å². The number of carbonyl (C=O) groups excluding carboxylic acids is 5. The number of esters is 1. The highest BCUT2D eigenvalue weighted by Crippen LogP contribution is 2.23. The Kier molecular flexibility index (Phi) is 6.72. The molecule has 0 radical (unpaired) electrons. The number of ether oxygens (including phenoxy) is 1. The molecule has 0 aliphatic carbocycles. The SMILES string of the molecule is CC(=O)Oc1cccc(C(=O)NC2CCN(C(=O)CCN3C(=O)c4ccccc4C3=O)CC2)c1. The van der Waals surface area contributed by atoms with Crippen molar-refractivity contribution in [1.29, 1.82) is 0 Å². The lowest BCUT2D eigenvalue weighted by Gasteiger charge is -2.32. The van der Waals surface area contributed by atoms with Gasteiger partial charge in [-0.15, -0.1) is 0 Å². The van der Waals surface area contributed by atoms with Gasteiger partial charge in [-0.1, -0.05) is 18.2 Å². The third kappa shape index (κ3) is 4.98. The van der Waals surface area contributed by atoms with Gasteiger partial charge < -0.3 is 15.0 Å². The molecule has 2 aromatic rings. The van der Waals surface area contributed by atoms with Crippen LogP contribution in [0.25, 0.3) is 0 Å². The first-order valence-electron chi connectivity index (χ1n) is 11.2. The topological polar surface area (TPSA) is 113 Å². The van der Waals surface area contributed by atoms with E-state index in [-0.39, 0.29) is 42.6 Å². The standard InChI is InChI=1S/C25H25N3O6/c1-16(29)34-19-6-4-5-17(15-19)23(31)26-18-9-12-27(13-10-18)22(30)11-14-28-24(32)20-7-2-3-8-21(20)25(28)33/h2-8,15,18H,9-14H2,1H3,(H,26,31). The summed E-state index contributed by atoms with van der Waals surface area (Å²) in [4.78, 5) is 64.1. The van der Waals surface area contributed by atoms with Gasteiger partial charge in [-0.3, -0.25) is 28.9 Å². The number of amides is 4. The molecule has 1 N–H and O–H groups in total. The molecule has 0 saturated carbocycles. The summed E-state index contributed by atoms with van der Waals surface area (Å²) in [5.41, 5.74) is 1.13. The van der Waals surface area contributed by atoms with E-state index in [1.165, 1.54) is 13.0 Å². The van der Waals surface area contributed by atoms with E-state index >= 15 is 0 Å². The van der Waals surface area contributed by atoms with Gasteiger partial charge in [0.2, 0.25) is 5.91 Å². The maximum atomic E-state index is 12.7. The van der Waals surface area contributed by atoms with Gasteiger partial charge in [0.15, 0.2) is 0 Å². The molecule has 1 saturated heterocycles. The number of rotatable bonds is 6. The van der Waals surface area contributed by atoms with E-state index in [1.807, 2.05) is 0 Å². The van der Waals surface area contributed by atoms with E-state index in [9.17, 15) is 24.0 Å². The summed E-state index contributed by atoms with van der Waals surface area (Å²) in [6.07, 6.45) is 1.24. The van der Waals surface area contributed by atoms with Gasteiger partial charge in [-0.2, -0.15) is 0 Å². The van der Waals surface area contributed by atoms with Crippen molar-refractivity contribution in [2.45, 2.75) is 32.2 Å². The van der Waals surface area contributed by atoms with Gasteiger partial charge >= 0.3 is 5.97 Å². The Morgan fingerprint density at radius 1 is 0.971 bits per heavy atom. The first-order valence-corrected chi connectivity index (χ1v) is 11.2. The molecule has 0 aromatic heterocycles. The summed E-state index contributed by atoms with van der Waals surface area (Å²) in [5.74, 6) is -1.30. The number of fused-ring (bicyclic) bond motifs is 1. The van der Waals surface area contributed by atoms with Crippen LogP contribution in [0.3, 0.4) is 0 Å². The number of piperidine rings is 1. The Bertz CT molecular complexity index is 1120. The average Bonchev–Trinajstić information content (AvgIpc) is 3.07. The minimum atomic E-state index is -0.461. The Balaban J connectivity index is 1.24. The molecule has 9 nitrogen and oxygen atoms in total. The van der Waals surface area contributed by atoms with Crippen LogP contribution in [0.4, 0.5) is 0 Å². The number of nitrogens with one attached hydrogen (secondary N) is 1. The summed E-state index contributed by atoms with van der Waals surface area (Å²) in [5, 5.41) is 2.96. The molecule has 2 aliphatic heterocycles. The predicted octanol–water partition coefficient (Wildman–Crippen LogP) is 2.02. The minimum Gasteiger partial charge on any atom is -0.427 e. The Labute approximate surface area is 196 Å². The minimum absolute atomic E-state index is 0.0422. The van der Waals surface area contributed by atoms with Gasteiger partial charge in [0.25, 0.3) is 17.7 Å². The average molecular weight is 463 g/mol. The van der Waals surface area contributed by atoms with Gasteiger partial charge in [0.05, 0.1) is 11.1 Å². The highest BCUT2D eigenvalue weighted by molar-refractivity contribution is 6.21. The molecule has 176 valence electrons. The summed E-state index contributed by atoms with van der Waals surface area (Å²) < 4.78 is 5.02. The molecule has 34 heavy (non-hydrogen) atoms. The zero-order chi connectivity index (χ0) is 24.2. The van der Waals surface area contributed by atoms with E-state index in [0.717, 1.165) is 4.90 Å². The van der Waals surface area contributed by atoms with E-state index in [2.05, 4.69) is 5.32 Å². The Hall–Kier alpha value is -4.01. The smallest absolute Gasteiger partial charge is 0.308 e. The number of hydrogen-bond donors (Lipinski definition) is 1. The van der Waals surface area contributed by atoms with Gasteiger partial charge in [-0.05, 0) is 43.2 Å². The molecule has 1 fully saturated rings. The van der Waals surface area contributed by atoms with Crippen molar-refractivity contribution in [2.75, 3.05) is 19.6 Å². The zero-order valence-electron chi connectivity index (χ0n) is 18.8. The summed E-state index contributed by atoms with van der Waals surface area (Å²) in [6, 6.07) is 12.9. The fourth-order valence-electron chi connectivity index (χ4n) is 4.22. The Morgan fingerprint density at radius 2 is 1.62 bits per heavy atom. The monoisotopic (exact) mass is 463 g/mol. The second-order valence-electron chi connectivity index (χ2n) is 8.31. The van der Waals surface area contributed by atoms with Crippen LogP contribution in [0.5, 0.6) is 5.75 Å². The normalized spacial score (nSPS) is 15.8. The number of carbonyl (C=O) groups is 5. The van der Waals surface area contributed by atoms with Crippen molar-refractivity contribution in [1.82, 2.24) is 15.1 Å². The molecule has 0 spiro atoms. The zero-order valence-corrected chi connectivity index (χ0v) is 18.8. The third-order valence-corrected chi connectivity index (χ3v) is 5.97. The van der Waals surface area contributed by atoms with E-state index in [1.54, 1.807) is 47.4 Å². The summed E-state index contributed by atoms with van der Waals surface area (Å²) >= 11 is 0. The van der Waals surface area contributed by atoms with Crippen molar-refractivity contribution in [3.05, 3.63) is 65.2 Å². The summed E-state index contributed by atoms with van der Waals surface area (Å²) in [7, 11) is 0. The second kappa shape index (κ2) is 9.86. The number of nitrogens with zero attached hydrogens (tertiary/aromatic N) is 2. The fraction of sp³-hybridized carbons (Fsp3) is 0.320. The van der Waals surface area contributed by atoms with Crippen LogP contribution in [0.1, 0.15) is 57.3 Å². The Morgan fingerprint density at radius 3 is 2.24 bits per heavy atom. The maximum Gasteiger partial charge on any atom is 0.308 e. The van der Waals surface area contributed by atoms with Crippen molar-refractivity contribution in [3.8, 4) is 5.75 Å². The van der Waals surface area contributed by atoms with Crippen LogP contribution in [0.2, 0.25) is 0 Å². The first kappa shape index (κ1) is 23.2. The molecule has 0 unspecified atom stereocenters. The third-order valence-electron chi connectivity index (χ3n) is 5.97. The summed E-state index contributed by atoms with van der Waals surface area (Å²) in [6.45, 7) is 2.28. The molecular formula is C25H25N3O6. The molecule has 0 atom stereocenters. The molecule has 4 rings (SSSR count). The lowest BCUT2D eigenvalue weighted by atomic mass is 10.0. The van der Waals surface area contributed by atoms with Crippen molar-refractivity contribution in [3.63, 3.8) is 0 Å². The van der Waals surface area contributed by atoms with Crippen LogP contribution < -0.4 is 10.1 Å². The molecule has 0 bridgehead atoms. The van der Waals surface area contributed by atoms with Crippen LogP contribution in [-0.4, -0.2) is 65.1 Å². The van der Waals surface area contributed by atoms with Crippen LogP contribution in [-0.2, 0) is 9.59 Å². The van der Waals surface area contributed by atoms with Crippen molar-refractivity contribution in [2.24, 2.45) is 0 Å². The lowest BCUT2D eigenvalue weighted by molar-refractivity contribution is -0.133.